The van der Waals surface area contributed by atoms with Crippen LogP contribution in [0.3, 0.4) is 0 Å². The summed E-state index contributed by atoms with van der Waals surface area (Å²) in [6.45, 7) is 3.96. The molecule has 2 N–H and O–H groups in total. The van der Waals surface area contributed by atoms with Crippen molar-refractivity contribution in [1.29, 1.82) is 0 Å². The summed E-state index contributed by atoms with van der Waals surface area (Å²) < 4.78 is 0. The van der Waals surface area contributed by atoms with Gasteiger partial charge in [-0.25, -0.2) is 0 Å². The molecule has 1 atom stereocenters. The summed E-state index contributed by atoms with van der Waals surface area (Å²) in [4.78, 5) is 2.23. The van der Waals surface area contributed by atoms with Crippen molar-refractivity contribution in [1.82, 2.24) is 4.90 Å². The van der Waals surface area contributed by atoms with Crippen LogP contribution in [0, 0.1) is 0 Å². The lowest BCUT2D eigenvalue weighted by atomic mass is 10.2. The third kappa shape index (κ3) is 4.65. The van der Waals surface area contributed by atoms with E-state index >= 15 is 0 Å². The van der Waals surface area contributed by atoms with E-state index in [-0.39, 0.29) is 6.04 Å². The highest BCUT2D eigenvalue weighted by Gasteiger charge is 2.05. The van der Waals surface area contributed by atoms with Crippen LogP contribution in [0.5, 0.6) is 0 Å². The van der Waals surface area contributed by atoms with Crippen molar-refractivity contribution in [3.05, 3.63) is 34.9 Å². The van der Waals surface area contributed by atoms with Gasteiger partial charge in [0.15, 0.2) is 0 Å². The van der Waals surface area contributed by atoms with Crippen LogP contribution < -0.4 is 5.73 Å². The lowest BCUT2D eigenvalue weighted by Gasteiger charge is -2.20. The number of benzene rings is 1. The molecule has 0 aliphatic carbocycles. The zero-order valence-electron chi connectivity index (χ0n) is 9.41. The molecule has 2 nitrogen and oxygen atoms in total. The second-order valence-corrected chi connectivity index (χ2v) is 4.43. The number of likely N-dealkylation sites (N-methyl/N-ethyl adjacent to an activating group) is 1. The van der Waals surface area contributed by atoms with Crippen LogP contribution in [0.2, 0.25) is 5.02 Å². The molecule has 0 amide bonds. The summed E-state index contributed by atoms with van der Waals surface area (Å²) in [6, 6.07) is 8.21. The van der Waals surface area contributed by atoms with Crippen LogP contribution in [-0.4, -0.2) is 24.5 Å². The average Bonchev–Trinajstić information content (AvgIpc) is 2.21. The first kappa shape index (κ1) is 12.5. The van der Waals surface area contributed by atoms with Gasteiger partial charge >= 0.3 is 0 Å². The maximum absolute atomic E-state index is 5.89. The molecule has 0 aliphatic heterocycles. The van der Waals surface area contributed by atoms with E-state index in [1.807, 2.05) is 12.1 Å². The fourth-order valence-corrected chi connectivity index (χ4v) is 1.62. The van der Waals surface area contributed by atoms with E-state index in [9.17, 15) is 0 Å². The lowest BCUT2D eigenvalue weighted by Crippen LogP contribution is -2.34. The highest BCUT2D eigenvalue weighted by Crippen LogP contribution is 2.10. The number of nitrogens with zero attached hydrogens (tertiary/aromatic N) is 1. The van der Waals surface area contributed by atoms with E-state index in [1.54, 1.807) is 0 Å². The van der Waals surface area contributed by atoms with E-state index < -0.39 is 0 Å². The molecule has 15 heavy (non-hydrogen) atoms. The number of hydrogen-bond acceptors (Lipinski definition) is 2. The van der Waals surface area contributed by atoms with Gasteiger partial charge in [0, 0.05) is 24.2 Å². The first-order valence-electron chi connectivity index (χ1n) is 5.30. The minimum Gasteiger partial charge on any atom is -0.327 e. The molecule has 1 aromatic rings. The van der Waals surface area contributed by atoms with Crippen LogP contribution in [0.25, 0.3) is 0 Å². The van der Waals surface area contributed by atoms with Gasteiger partial charge in [-0.3, -0.25) is 0 Å². The molecule has 0 bridgehead atoms. The Bertz CT molecular complexity index is 284. The summed E-state index contributed by atoms with van der Waals surface area (Å²) in [7, 11) is 2.09. The van der Waals surface area contributed by atoms with Gasteiger partial charge in [0.2, 0.25) is 0 Å². The van der Waals surface area contributed by atoms with Crippen LogP contribution in [0.1, 0.15) is 18.9 Å². The molecule has 0 saturated heterocycles. The summed E-state index contributed by atoms with van der Waals surface area (Å²) in [5.74, 6) is 0. The normalized spacial score (nSPS) is 13.1. The third-order valence-corrected chi connectivity index (χ3v) is 2.69. The summed E-state index contributed by atoms with van der Waals surface area (Å²) >= 11 is 5.82. The SMILES string of the molecule is CCC(N)CN(C)Cc1ccc(Cl)cc1. The summed E-state index contributed by atoms with van der Waals surface area (Å²) in [6.07, 6.45) is 1.02. The molecule has 0 saturated carbocycles. The van der Waals surface area contributed by atoms with Gasteiger partial charge in [0.05, 0.1) is 0 Å². The molecule has 3 heteroatoms. The summed E-state index contributed by atoms with van der Waals surface area (Å²) in [5, 5.41) is 0.784. The monoisotopic (exact) mass is 226 g/mol. The highest BCUT2D eigenvalue weighted by molar-refractivity contribution is 6.30. The molecular weight excluding hydrogens is 208 g/mol. The predicted molar refractivity (Wildman–Crippen MR) is 66.1 cm³/mol. The molecule has 0 fully saturated rings. The fraction of sp³-hybridized carbons (Fsp3) is 0.500. The molecule has 0 heterocycles. The first-order chi connectivity index (χ1) is 7.11. The van der Waals surface area contributed by atoms with E-state index in [2.05, 4.69) is 31.0 Å². The van der Waals surface area contributed by atoms with E-state index in [4.69, 9.17) is 17.3 Å². The number of halogens is 1. The Morgan fingerprint density at radius 3 is 2.47 bits per heavy atom. The molecule has 1 unspecified atom stereocenters. The van der Waals surface area contributed by atoms with Crippen molar-refractivity contribution < 1.29 is 0 Å². The standard InChI is InChI=1S/C12H19ClN2/c1-3-12(14)9-15(2)8-10-4-6-11(13)7-5-10/h4-7,12H,3,8-9,14H2,1-2H3. The molecule has 1 rings (SSSR count). The summed E-state index contributed by atoms with van der Waals surface area (Å²) in [5.41, 5.74) is 7.16. The second-order valence-electron chi connectivity index (χ2n) is 3.99. The lowest BCUT2D eigenvalue weighted by molar-refractivity contribution is 0.300. The average molecular weight is 227 g/mol. The van der Waals surface area contributed by atoms with E-state index in [0.717, 1.165) is 24.5 Å². The Labute approximate surface area is 97.0 Å². The number of rotatable bonds is 5. The third-order valence-electron chi connectivity index (χ3n) is 2.44. The van der Waals surface area contributed by atoms with Crippen molar-refractivity contribution in [2.24, 2.45) is 5.73 Å². The van der Waals surface area contributed by atoms with E-state index in [0.29, 0.717) is 0 Å². The molecule has 0 radical (unpaired) electrons. The maximum atomic E-state index is 5.89. The van der Waals surface area contributed by atoms with Crippen LogP contribution in [0.4, 0.5) is 0 Å². The highest BCUT2D eigenvalue weighted by atomic mass is 35.5. The largest absolute Gasteiger partial charge is 0.327 e. The van der Waals surface area contributed by atoms with E-state index in [1.165, 1.54) is 5.56 Å². The topological polar surface area (TPSA) is 29.3 Å². The first-order valence-corrected chi connectivity index (χ1v) is 5.68. The molecule has 0 aliphatic rings. The van der Waals surface area contributed by atoms with Gasteiger partial charge in [0.25, 0.3) is 0 Å². The van der Waals surface area contributed by atoms with Crippen LogP contribution >= 0.6 is 11.6 Å². The fourth-order valence-electron chi connectivity index (χ4n) is 1.50. The Balaban J connectivity index is 2.44. The predicted octanol–water partition coefficient (Wildman–Crippen LogP) is 2.51. The van der Waals surface area contributed by atoms with Crippen molar-refractivity contribution in [3.8, 4) is 0 Å². The van der Waals surface area contributed by atoms with Gasteiger partial charge in [0.1, 0.15) is 0 Å². The van der Waals surface area contributed by atoms with Crippen LogP contribution in [0.15, 0.2) is 24.3 Å². The Morgan fingerprint density at radius 1 is 1.33 bits per heavy atom. The number of hydrogen-bond donors (Lipinski definition) is 1. The zero-order valence-corrected chi connectivity index (χ0v) is 10.2. The quantitative estimate of drug-likeness (QED) is 0.836. The molecule has 84 valence electrons. The smallest absolute Gasteiger partial charge is 0.0406 e. The molecular formula is C12H19ClN2. The number of nitrogens with two attached hydrogens (primary N) is 1. The van der Waals surface area contributed by atoms with Gasteiger partial charge in [-0.1, -0.05) is 30.7 Å². The van der Waals surface area contributed by atoms with Gasteiger partial charge in [-0.2, -0.15) is 0 Å². The van der Waals surface area contributed by atoms with Gasteiger partial charge in [-0.05, 0) is 31.2 Å². The Morgan fingerprint density at radius 2 is 1.93 bits per heavy atom. The minimum atomic E-state index is 0.266. The Hall–Kier alpha value is -0.570. The van der Waals surface area contributed by atoms with Crippen molar-refractivity contribution in [2.75, 3.05) is 13.6 Å². The molecule has 0 spiro atoms. The maximum Gasteiger partial charge on any atom is 0.0406 e. The van der Waals surface area contributed by atoms with Gasteiger partial charge < -0.3 is 10.6 Å². The van der Waals surface area contributed by atoms with Crippen molar-refractivity contribution in [3.63, 3.8) is 0 Å². The van der Waals surface area contributed by atoms with Gasteiger partial charge in [-0.15, -0.1) is 0 Å². The van der Waals surface area contributed by atoms with Crippen molar-refractivity contribution >= 4 is 11.6 Å². The molecule has 1 aromatic carbocycles. The Kier molecular flexibility index (Phi) is 5.09. The zero-order chi connectivity index (χ0) is 11.3. The minimum absolute atomic E-state index is 0.266. The van der Waals surface area contributed by atoms with Crippen molar-refractivity contribution in [2.45, 2.75) is 25.9 Å². The second kappa shape index (κ2) is 6.11. The molecule has 0 aromatic heterocycles. The van der Waals surface area contributed by atoms with Crippen LogP contribution in [-0.2, 0) is 6.54 Å².